The Morgan fingerprint density at radius 2 is 1.76 bits per heavy atom. The first-order valence-electron chi connectivity index (χ1n) is 9.54. The molecule has 0 saturated carbocycles. The molecule has 4 nitrogen and oxygen atoms in total. The summed E-state index contributed by atoms with van der Waals surface area (Å²) in [6, 6.07) is 26.3. The third-order valence-corrected chi connectivity index (χ3v) is 5.64. The van der Waals surface area contributed by atoms with Crippen LogP contribution in [0.4, 0.5) is 5.69 Å². The Hall–Kier alpha value is -3.44. The average Bonchev–Trinajstić information content (AvgIpc) is 3.37. The Morgan fingerprint density at radius 1 is 0.931 bits per heavy atom. The fourth-order valence-electron chi connectivity index (χ4n) is 3.33. The van der Waals surface area contributed by atoms with Gasteiger partial charge in [-0.15, -0.1) is 11.3 Å². The highest BCUT2D eigenvalue weighted by molar-refractivity contribution is 7.07. The first-order chi connectivity index (χ1) is 14.4. The standard InChI is InChI=1S/C24H19N3OS/c1-2-10-20(11-3-1)26-24-27(15-13-19-9-6-7-14-25-19)21(17-29-24)23-16-18-8-4-5-12-22(18)28-23/h1-12,14,16-17H,13,15H2. The molecule has 3 aromatic heterocycles. The summed E-state index contributed by atoms with van der Waals surface area (Å²) in [6.07, 6.45) is 2.66. The van der Waals surface area contributed by atoms with Crippen LogP contribution in [0.1, 0.15) is 5.69 Å². The molecule has 142 valence electrons. The number of pyridine rings is 1. The quantitative estimate of drug-likeness (QED) is 0.374. The van der Waals surface area contributed by atoms with Gasteiger partial charge in [-0.3, -0.25) is 4.98 Å². The van der Waals surface area contributed by atoms with E-state index in [0.29, 0.717) is 0 Å². The topological polar surface area (TPSA) is 43.3 Å². The molecule has 5 rings (SSSR count). The van der Waals surface area contributed by atoms with E-state index in [1.165, 1.54) is 0 Å². The molecular weight excluding hydrogens is 378 g/mol. The number of fused-ring (bicyclic) bond motifs is 1. The highest BCUT2D eigenvalue weighted by Crippen LogP contribution is 2.28. The number of aromatic nitrogens is 2. The molecule has 0 N–H and O–H groups in total. The minimum atomic E-state index is 0.776. The number of para-hydroxylation sites is 2. The lowest BCUT2D eigenvalue weighted by atomic mass is 10.2. The van der Waals surface area contributed by atoms with E-state index in [2.05, 4.69) is 33.1 Å². The first kappa shape index (κ1) is 17.6. The number of thiazole rings is 1. The van der Waals surface area contributed by atoms with Crippen molar-refractivity contribution >= 4 is 28.0 Å². The molecule has 0 aliphatic carbocycles. The summed E-state index contributed by atoms with van der Waals surface area (Å²) in [5.41, 5.74) is 3.94. The molecule has 0 radical (unpaired) electrons. The predicted molar refractivity (Wildman–Crippen MR) is 117 cm³/mol. The molecule has 0 aliphatic heterocycles. The van der Waals surface area contributed by atoms with E-state index in [1.807, 2.05) is 66.9 Å². The Balaban J connectivity index is 1.59. The summed E-state index contributed by atoms with van der Waals surface area (Å²) < 4.78 is 8.37. The molecule has 0 bridgehead atoms. The average molecular weight is 398 g/mol. The molecule has 0 amide bonds. The van der Waals surface area contributed by atoms with Crippen molar-refractivity contribution in [1.82, 2.24) is 9.55 Å². The lowest BCUT2D eigenvalue weighted by molar-refractivity contribution is 0.606. The van der Waals surface area contributed by atoms with Crippen LogP contribution in [0.5, 0.6) is 0 Å². The monoisotopic (exact) mass is 397 g/mol. The lowest BCUT2D eigenvalue weighted by Crippen LogP contribution is -2.17. The Morgan fingerprint density at radius 3 is 2.59 bits per heavy atom. The van der Waals surface area contributed by atoms with Crippen LogP contribution >= 0.6 is 11.3 Å². The maximum absolute atomic E-state index is 6.14. The van der Waals surface area contributed by atoms with E-state index in [-0.39, 0.29) is 0 Å². The molecule has 5 heteroatoms. The van der Waals surface area contributed by atoms with Gasteiger partial charge >= 0.3 is 0 Å². The second kappa shape index (κ2) is 7.89. The predicted octanol–water partition coefficient (Wildman–Crippen LogP) is 5.83. The van der Waals surface area contributed by atoms with Crippen LogP contribution < -0.4 is 4.80 Å². The summed E-state index contributed by atoms with van der Waals surface area (Å²) in [7, 11) is 0. The largest absolute Gasteiger partial charge is 0.454 e. The van der Waals surface area contributed by atoms with Crippen LogP contribution in [0.2, 0.25) is 0 Å². The third kappa shape index (κ3) is 3.77. The Labute approximate surface area is 172 Å². The third-order valence-electron chi connectivity index (χ3n) is 4.77. The zero-order valence-electron chi connectivity index (χ0n) is 15.7. The summed E-state index contributed by atoms with van der Waals surface area (Å²) in [4.78, 5) is 10.3. The van der Waals surface area contributed by atoms with Gasteiger partial charge in [0.15, 0.2) is 10.6 Å². The second-order valence-corrected chi connectivity index (χ2v) is 7.56. The van der Waals surface area contributed by atoms with Gasteiger partial charge in [-0.1, -0.05) is 42.5 Å². The summed E-state index contributed by atoms with van der Waals surface area (Å²) in [6.45, 7) is 0.776. The molecule has 2 aromatic carbocycles. The van der Waals surface area contributed by atoms with E-state index >= 15 is 0 Å². The molecule has 0 saturated heterocycles. The van der Waals surface area contributed by atoms with Gasteiger partial charge in [0.1, 0.15) is 5.58 Å². The maximum atomic E-state index is 6.14. The number of rotatable bonds is 5. The van der Waals surface area contributed by atoms with Gasteiger partial charge < -0.3 is 8.98 Å². The maximum Gasteiger partial charge on any atom is 0.190 e. The van der Waals surface area contributed by atoms with Crippen LogP contribution in [0.25, 0.3) is 22.4 Å². The number of hydrogen-bond donors (Lipinski definition) is 0. The minimum Gasteiger partial charge on any atom is -0.454 e. The zero-order valence-corrected chi connectivity index (χ0v) is 16.5. The summed E-state index contributed by atoms with van der Waals surface area (Å²) in [5.74, 6) is 0.859. The number of benzene rings is 2. The number of nitrogens with zero attached hydrogens (tertiary/aromatic N) is 3. The smallest absolute Gasteiger partial charge is 0.190 e. The van der Waals surface area contributed by atoms with Gasteiger partial charge in [0, 0.05) is 35.6 Å². The molecule has 29 heavy (non-hydrogen) atoms. The van der Waals surface area contributed by atoms with E-state index in [0.717, 1.165) is 51.6 Å². The van der Waals surface area contributed by atoms with Crippen LogP contribution in [0, 0.1) is 0 Å². The van der Waals surface area contributed by atoms with Gasteiger partial charge in [0.05, 0.1) is 11.4 Å². The first-order valence-corrected chi connectivity index (χ1v) is 10.4. The normalized spacial score (nSPS) is 11.9. The minimum absolute atomic E-state index is 0.776. The van der Waals surface area contributed by atoms with Gasteiger partial charge in [0.2, 0.25) is 0 Å². The van der Waals surface area contributed by atoms with Crippen LogP contribution in [-0.2, 0) is 13.0 Å². The zero-order chi connectivity index (χ0) is 19.5. The molecule has 0 atom stereocenters. The fraction of sp³-hybridized carbons (Fsp3) is 0.0833. The molecule has 0 aliphatic rings. The van der Waals surface area contributed by atoms with Crippen molar-refractivity contribution in [3.8, 4) is 11.5 Å². The Bertz CT molecular complexity index is 1270. The van der Waals surface area contributed by atoms with Crippen LogP contribution in [-0.4, -0.2) is 9.55 Å². The van der Waals surface area contributed by atoms with Crippen molar-refractivity contribution in [2.75, 3.05) is 0 Å². The van der Waals surface area contributed by atoms with Crippen molar-refractivity contribution in [3.05, 3.63) is 101 Å². The van der Waals surface area contributed by atoms with Crippen molar-refractivity contribution in [1.29, 1.82) is 0 Å². The van der Waals surface area contributed by atoms with Gasteiger partial charge in [-0.2, -0.15) is 0 Å². The van der Waals surface area contributed by atoms with Gasteiger partial charge in [-0.25, -0.2) is 4.99 Å². The van der Waals surface area contributed by atoms with E-state index in [1.54, 1.807) is 11.3 Å². The summed E-state index contributed by atoms with van der Waals surface area (Å²) in [5, 5.41) is 3.23. The van der Waals surface area contributed by atoms with Crippen molar-refractivity contribution in [2.24, 2.45) is 4.99 Å². The molecule has 0 fully saturated rings. The van der Waals surface area contributed by atoms with E-state index in [4.69, 9.17) is 9.41 Å². The molecule has 3 heterocycles. The highest BCUT2D eigenvalue weighted by Gasteiger charge is 2.13. The van der Waals surface area contributed by atoms with E-state index in [9.17, 15) is 0 Å². The molecule has 0 spiro atoms. The molecular formula is C24H19N3OS. The number of furan rings is 1. The fourth-order valence-corrected chi connectivity index (χ4v) is 4.26. The van der Waals surface area contributed by atoms with Crippen molar-refractivity contribution in [3.63, 3.8) is 0 Å². The van der Waals surface area contributed by atoms with Crippen molar-refractivity contribution < 1.29 is 4.42 Å². The van der Waals surface area contributed by atoms with Crippen LogP contribution in [0.3, 0.4) is 0 Å². The number of hydrogen-bond acceptors (Lipinski definition) is 4. The second-order valence-electron chi connectivity index (χ2n) is 6.72. The molecule has 5 aromatic rings. The van der Waals surface area contributed by atoms with Gasteiger partial charge in [0.25, 0.3) is 0 Å². The molecule has 0 unspecified atom stereocenters. The SMILES string of the molecule is c1ccc(N=c2scc(-c3cc4ccccc4o3)n2CCc2ccccn2)cc1. The Kier molecular flexibility index (Phi) is 4.80. The van der Waals surface area contributed by atoms with Crippen LogP contribution in [0.15, 0.2) is 99.8 Å². The van der Waals surface area contributed by atoms with Gasteiger partial charge in [-0.05, 0) is 36.4 Å². The van der Waals surface area contributed by atoms with Crippen molar-refractivity contribution in [2.45, 2.75) is 13.0 Å². The lowest BCUT2D eigenvalue weighted by Gasteiger charge is -2.07. The summed E-state index contributed by atoms with van der Waals surface area (Å²) >= 11 is 1.63. The highest BCUT2D eigenvalue weighted by atomic mass is 32.1. The van der Waals surface area contributed by atoms with E-state index < -0.39 is 0 Å². The number of aryl methyl sites for hydroxylation is 1.